The molecule has 2 aliphatic rings. The first-order valence-electron chi connectivity index (χ1n) is 12.3. The van der Waals surface area contributed by atoms with Crippen LogP contribution in [0.4, 0.5) is 5.69 Å². The molecule has 3 aromatic rings. The number of nitrogens with zero attached hydrogens (tertiary/aromatic N) is 4. The zero-order chi connectivity index (χ0) is 26.4. The Morgan fingerprint density at radius 3 is 2.38 bits per heavy atom. The molecule has 0 bridgehead atoms. The van der Waals surface area contributed by atoms with Gasteiger partial charge in [0.25, 0.3) is 17.4 Å². The number of allylic oxidation sites excluding steroid dienone is 1. The lowest BCUT2D eigenvalue weighted by atomic mass is 9.94. The summed E-state index contributed by atoms with van der Waals surface area (Å²) in [4.78, 5) is 49.9. The summed E-state index contributed by atoms with van der Waals surface area (Å²) in [5.74, 6) is -0.365. The lowest BCUT2D eigenvalue weighted by Gasteiger charge is -2.29. The second kappa shape index (κ2) is 9.76. The molecule has 0 fully saturated rings. The van der Waals surface area contributed by atoms with Gasteiger partial charge in [-0.3, -0.25) is 19.0 Å². The van der Waals surface area contributed by atoms with Crippen molar-refractivity contribution < 1.29 is 9.59 Å². The Labute approximate surface area is 223 Å². The molecule has 2 aromatic carbocycles. The zero-order valence-electron chi connectivity index (χ0n) is 21.1. The van der Waals surface area contributed by atoms with Crippen molar-refractivity contribution in [2.75, 3.05) is 24.5 Å². The number of para-hydroxylation sites is 1. The molecule has 0 saturated carbocycles. The number of anilines is 1. The van der Waals surface area contributed by atoms with Crippen molar-refractivity contribution in [2.45, 2.75) is 33.7 Å². The van der Waals surface area contributed by atoms with E-state index in [1.165, 1.54) is 11.3 Å². The quantitative estimate of drug-likeness (QED) is 0.503. The van der Waals surface area contributed by atoms with Crippen LogP contribution in [0.5, 0.6) is 0 Å². The molecule has 1 aromatic heterocycles. The summed E-state index contributed by atoms with van der Waals surface area (Å²) in [6, 6.07) is 14.0. The van der Waals surface area contributed by atoms with E-state index in [0.717, 1.165) is 16.8 Å². The van der Waals surface area contributed by atoms with E-state index in [2.05, 4.69) is 0 Å². The Bertz CT molecular complexity index is 1630. The van der Waals surface area contributed by atoms with Gasteiger partial charge in [0.15, 0.2) is 4.80 Å². The molecule has 9 heteroatoms. The molecule has 190 valence electrons. The summed E-state index contributed by atoms with van der Waals surface area (Å²) >= 11 is 7.36. The molecule has 0 N–H and O–H groups in total. The van der Waals surface area contributed by atoms with E-state index in [1.54, 1.807) is 33.4 Å². The maximum atomic E-state index is 14.1. The third kappa shape index (κ3) is 3.95. The van der Waals surface area contributed by atoms with Crippen molar-refractivity contribution in [3.05, 3.63) is 95.6 Å². The van der Waals surface area contributed by atoms with Gasteiger partial charge in [0.05, 0.1) is 28.6 Å². The minimum Gasteiger partial charge on any atom is -0.339 e. The molecule has 5 rings (SSSR count). The molecule has 1 atom stereocenters. The van der Waals surface area contributed by atoms with Gasteiger partial charge in [0.1, 0.15) is 4.53 Å². The Kier molecular flexibility index (Phi) is 6.64. The van der Waals surface area contributed by atoms with Gasteiger partial charge in [0, 0.05) is 30.2 Å². The van der Waals surface area contributed by atoms with E-state index in [0.29, 0.717) is 50.8 Å². The standard InChI is InChI=1S/C28H27ClN4O3S/c1-5-31(6-2)25(34)21-16(4)30-28-33(23(21)17-12-14-18(29)15-13-17)27(36)24(37-28)22-19-10-8-9-11-20(19)32(7-3)26(22)35/h8-15,23H,5-7H2,1-4H3/b24-22-/t23-/m1/s1. The van der Waals surface area contributed by atoms with Crippen LogP contribution < -0.4 is 19.8 Å². The highest BCUT2D eigenvalue weighted by molar-refractivity contribution is 7.07. The average Bonchev–Trinajstić information content (AvgIpc) is 3.36. The normalized spacial score (nSPS) is 18.0. The predicted octanol–water partition coefficient (Wildman–Crippen LogP) is 3.49. The number of hydrogen-bond acceptors (Lipinski definition) is 5. The molecule has 0 aliphatic carbocycles. The second-order valence-electron chi connectivity index (χ2n) is 8.87. The number of fused-ring (bicyclic) bond motifs is 2. The highest BCUT2D eigenvalue weighted by Crippen LogP contribution is 2.35. The van der Waals surface area contributed by atoms with E-state index in [-0.39, 0.29) is 17.4 Å². The van der Waals surface area contributed by atoms with Crippen LogP contribution in [0.15, 0.2) is 69.6 Å². The second-order valence-corrected chi connectivity index (χ2v) is 10.3. The first-order chi connectivity index (χ1) is 17.8. The van der Waals surface area contributed by atoms with Crippen LogP contribution in [0.3, 0.4) is 0 Å². The molecule has 3 heterocycles. The number of amides is 2. The van der Waals surface area contributed by atoms with Crippen molar-refractivity contribution in [3.63, 3.8) is 0 Å². The Morgan fingerprint density at radius 1 is 1.05 bits per heavy atom. The van der Waals surface area contributed by atoms with Crippen LogP contribution in [0.25, 0.3) is 5.57 Å². The first-order valence-corrected chi connectivity index (χ1v) is 13.5. The van der Waals surface area contributed by atoms with E-state index in [9.17, 15) is 14.4 Å². The number of rotatable bonds is 5. The van der Waals surface area contributed by atoms with Gasteiger partial charge in [-0.25, -0.2) is 4.99 Å². The monoisotopic (exact) mass is 534 g/mol. The summed E-state index contributed by atoms with van der Waals surface area (Å²) in [6.07, 6.45) is 0. The lowest BCUT2D eigenvalue weighted by molar-refractivity contribution is -0.127. The van der Waals surface area contributed by atoms with E-state index < -0.39 is 6.04 Å². The number of carbonyl (C=O) groups excluding carboxylic acids is 2. The SMILES string of the molecule is CCN(CC)C(=O)C1=C(C)N=c2s/c(=C3\C(=O)N(CC)c4ccccc43)c(=O)n2[C@@H]1c1ccc(Cl)cc1. The molecular formula is C28H27ClN4O3S. The number of likely N-dealkylation sites (N-methyl/N-ethyl adjacent to an activating group) is 2. The third-order valence-electron chi connectivity index (χ3n) is 6.93. The van der Waals surface area contributed by atoms with Gasteiger partial charge < -0.3 is 9.80 Å². The summed E-state index contributed by atoms with van der Waals surface area (Å²) < 4.78 is 1.89. The number of carbonyl (C=O) groups is 2. The molecule has 7 nitrogen and oxygen atoms in total. The van der Waals surface area contributed by atoms with Gasteiger partial charge in [0.2, 0.25) is 0 Å². The minimum atomic E-state index is -0.690. The molecule has 0 spiro atoms. The molecule has 0 unspecified atom stereocenters. The minimum absolute atomic E-state index is 0.163. The first kappa shape index (κ1) is 25.2. The van der Waals surface area contributed by atoms with Crippen LogP contribution in [0, 0.1) is 0 Å². The number of halogens is 1. The molecule has 2 amide bonds. The topological polar surface area (TPSA) is 75.0 Å². The van der Waals surface area contributed by atoms with E-state index >= 15 is 0 Å². The van der Waals surface area contributed by atoms with Crippen LogP contribution in [0.1, 0.15) is 44.9 Å². The lowest BCUT2D eigenvalue weighted by Crippen LogP contribution is -2.43. The molecule has 0 saturated heterocycles. The summed E-state index contributed by atoms with van der Waals surface area (Å²) in [6.45, 7) is 9.12. The average molecular weight is 535 g/mol. The fourth-order valence-electron chi connectivity index (χ4n) is 5.10. The van der Waals surface area contributed by atoms with Crippen LogP contribution >= 0.6 is 22.9 Å². The Balaban J connectivity index is 1.82. The fraction of sp³-hybridized carbons (Fsp3) is 0.286. The number of hydrogen-bond donors (Lipinski definition) is 0. The van der Waals surface area contributed by atoms with Gasteiger partial charge >= 0.3 is 0 Å². The van der Waals surface area contributed by atoms with E-state index in [4.69, 9.17) is 16.6 Å². The van der Waals surface area contributed by atoms with E-state index in [1.807, 2.05) is 57.2 Å². The van der Waals surface area contributed by atoms with Crippen LogP contribution in [-0.2, 0) is 9.59 Å². The maximum absolute atomic E-state index is 14.1. The molecule has 2 aliphatic heterocycles. The highest BCUT2D eigenvalue weighted by atomic mass is 35.5. The molecule has 37 heavy (non-hydrogen) atoms. The fourth-order valence-corrected chi connectivity index (χ4v) is 6.36. The smallest absolute Gasteiger partial charge is 0.271 e. The maximum Gasteiger partial charge on any atom is 0.271 e. The Hall–Kier alpha value is -3.49. The van der Waals surface area contributed by atoms with Crippen molar-refractivity contribution in [1.82, 2.24) is 9.47 Å². The van der Waals surface area contributed by atoms with Crippen molar-refractivity contribution in [3.8, 4) is 0 Å². The van der Waals surface area contributed by atoms with Crippen LogP contribution in [-0.4, -0.2) is 40.9 Å². The summed E-state index contributed by atoms with van der Waals surface area (Å²) in [5, 5.41) is 0.559. The van der Waals surface area contributed by atoms with Crippen molar-refractivity contribution >= 4 is 46.0 Å². The zero-order valence-corrected chi connectivity index (χ0v) is 22.7. The summed E-state index contributed by atoms with van der Waals surface area (Å²) in [7, 11) is 0. The Morgan fingerprint density at radius 2 is 1.73 bits per heavy atom. The van der Waals surface area contributed by atoms with Crippen LogP contribution in [0.2, 0.25) is 5.02 Å². The van der Waals surface area contributed by atoms with Gasteiger partial charge in [-0.1, -0.05) is 53.3 Å². The number of benzene rings is 2. The van der Waals surface area contributed by atoms with Gasteiger partial charge in [-0.05, 0) is 51.5 Å². The number of thiazole rings is 1. The van der Waals surface area contributed by atoms with Crippen molar-refractivity contribution in [2.24, 2.45) is 4.99 Å². The van der Waals surface area contributed by atoms with Crippen molar-refractivity contribution in [1.29, 1.82) is 0 Å². The largest absolute Gasteiger partial charge is 0.339 e. The van der Waals surface area contributed by atoms with Gasteiger partial charge in [-0.2, -0.15) is 0 Å². The van der Waals surface area contributed by atoms with Gasteiger partial charge in [-0.15, -0.1) is 0 Å². The summed E-state index contributed by atoms with van der Waals surface area (Å²) in [5.41, 5.74) is 3.33. The highest BCUT2D eigenvalue weighted by Gasteiger charge is 2.37. The molecular weight excluding hydrogens is 508 g/mol. The number of aromatic nitrogens is 1. The third-order valence-corrected chi connectivity index (χ3v) is 8.24. The molecule has 0 radical (unpaired) electrons. The predicted molar refractivity (Wildman–Crippen MR) is 147 cm³/mol.